The van der Waals surface area contributed by atoms with E-state index in [-0.39, 0.29) is 11.7 Å². The van der Waals surface area contributed by atoms with Gasteiger partial charge in [0.2, 0.25) is 0 Å². The fraction of sp³-hybridized carbons (Fsp3) is 0.533. The maximum atomic E-state index is 13.5. The number of hydrogen-bond donors (Lipinski definition) is 2. The van der Waals surface area contributed by atoms with E-state index in [4.69, 9.17) is 0 Å². The predicted molar refractivity (Wildman–Crippen MR) is 76.5 cm³/mol. The normalized spacial score (nSPS) is 21.7. The highest BCUT2D eigenvalue weighted by atomic mass is 19.1. The Hall–Kier alpha value is -1.85. The second kappa shape index (κ2) is 6.74. The molecule has 0 bridgehead atoms. The summed E-state index contributed by atoms with van der Waals surface area (Å²) in [6, 6.07) is 1.72. The molecular formula is C15H20F2N2O2. The number of amides is 2. The fourth-order valence-electron chi connectivity index (χ4n) is 2.69. The largest absolute Gasteiger partial charge is 0.491 e. The van der Waals surface area contributed by atoms with Crippen molar-refractivity contribution in [2.75, 3.05) is 12.4 Å². The molecule has 0 radical (unpaired) electrons. The third-order valence-corrected chi connectivity index (χ3v) is 3.89. The Kier molecular flexibility index (Phi) is 4.98. The number of hydrogen-bond acceptors (Lipinski definition) is 2. The first-order valence-electron chi connectivity index (χ1n) is 7.12. The minimum atomic E-state index is -0.848. The van der Waals surface area contributed by atoms with Gasteiger partial charge in [0.25, 0.3) is 0 Å². The van der Waals surface area contributed by atoms with Crippen LogP contribution in [-0.2, 0) is 0 Å². The first-order chi connectivity index (χ1) is 10.0. The van der Waals surface area contributed by atoms with Gasteiger partial charge in [-0.05, 0) is 18.8 Å². The molecule has 1 aromatic rings. The predicted octanol–water partition coefficient (Wildman–Crippen LogP) is 3.67. The van der Waals surface area contributed by atoms with Gasteiger partial charge in [0.15, 0.2) is 17.4 Å². The molecule has 2 unspecified atom stereocenters. The fourth-order valence-corrected chi connectivity index (χ4v) is 2.69. The van der Waals surface area contributed by atoms with Crippen molar-refractivity contribution in [3.63, 3.8) is 0 Å². The second-order valence-electron chi connectivity index (χ2n) is 5.44. The molecule has 4 nitrogen and oxygen atoms in total. The minimum Gasteiger partial charge on any atom is -0.491 e. The molecule has 0 aliphatic heterocycles. The van der Waals surface area contributed by atoms with Gasteiger partial charge in [0.05, 0.1) is 7.11 Å². The molecule has 0 saturated heterocycles. The van der Waals surface area contributed by atoms with Gasteiger partial charge in [-0.15, -0.1) is 0 Å². The average Bonchev–Trinajstić information content (AvgIpc) is 2.41. The number of methoxy groups -OCH3 is 1. The number of rotatable bonds is 3. The lowest BCUT2D eigenvalue weighted by Crippen LogP contribution is -2.43. The van der Waals surface area contributed by atoms with Gasteiger partial charge in [0, 0.05) is 23.9 Å². The van der Waals surface area contributed by atoms with Crippen molar-refractivity contribution in [1.82, 2.24) is 5.32 Å². The van der Waals surface area contributed by atoms with Crippen LogP contribution in [-0.4, -0.2) is 19.2 Å². The molecule has 0 spiro atoms. The molecule has 2 amide bonds. The van der Waals surface area contributed by atoms with Crippen LogP contribution in [0.3, 0.4) is 0 Å². The van der Waals surface area contributed by atoms with E-state index in [9.17, 15) is 13.6 Å². The monoisotopic (exact) mass is 298 g/mol. The highest BCUT2D eigenvalue weighted by molar-refractivity contribution is 5.89. The van der Waals surface area contributed by atoms with Crippen LogP contribution < -0.4 is 15.4 Å². The van der Waals surface area contributed by atoms with Crippen LogP contribution in [0.25, 0.3) is 0 Å². The van der Waals surface area contributed by atoms with E-state index in [0.29, 0.717) is 5.92 Å². The minimum absolute atomic E-state index is 0.0618. The molecule has 1 aliphatic carbocycles. The van der Waals surface area contributed by atoms with Gasteiger partial charge in [0.1, 0.15) is 0 Å². The van der Waals surface area contributed by atoms with Crippen molar-refractivity contribution in [1.29, 1.82) is 0 Å². The molecule has 21 heavy (non-hydrogen) atoms. The number of carbonyl (C=O) groups is 1. The van der Waals surface area contributed by atoms with E-state index in [1.165, 1.54) is 13.5 Å². The van der Waals surface area contributed by atoms with Gasteiger partial charge in [-0.1, -0.05) is 19.8 Å². The second-order valence-corrected chi connectivity index (χ2v) is 5.44. The number of anilines is 1. The molecule has 0 heterocycles. The third-order valence-electron chi connectivity index (χ3n) is 3.89. The zero-order chi connectivity index (χ0) is 15.4. The van der Waals surface area contributed by atoms with Crippen molar-refractivity contribution in [3.05, 3.63) is 23.8 Å². The van der Waals surface area contributed by atoms with Crippen molar-refractivity contribution in [2.45, 2.75) is 38.6 Å². The summed E-state index contributed by atoms with van der Waals surface area (Å²) >= 11 is 0. The van der Waals surface area contributed by atoms with Crippen molar-refractivity contribution < 1.29 is 18.3 Å². The Labute approximate surface area is 122 Å². The standard InChI is InChI=1S/C15H20F2N2O2/c1-9-5-3-4-6-13(9)19-15(20)18-10-7-11(16)14(21-2)12(17)8-10/h7-9,13H,3-6H2,1-2H3,(H2,18,19,20). The number of nitrogens with one attached hydrogen (secondary N) is 2. The quantitative estimate of drug-likeness (QED) is 0.894. The van der Waals surface area contributed by atoms with Crippen LogP contribution in [0.5, 0.6) is 5.75 Å². The first kappa shape index (κ1) is 15.5. The van der Waals surface area contributed by atoms with Gasteiger partial charge in [-0.2, -0.15) is 0 Å². The number of benzene rings is 1. The molecule has 2 atom stereocenters. The number of ether oxygens (including phenoxy) is 1. The summed E-state index contributed by atoms with van der Waals surface area (Å²) in [5, 5.41) is 5.32. The van der Waals surface area contributed by atoms with Gasteiger partial charge in [-0.25, -0.2) is 13.6 Å². The molecule has 1 fully saturated rings. The van der Waals surface area contributed by atoms with Crippen LogP contribution in [0.1, 0.15) is 32.6 Å². The summed E-state index contributed by atoms with van der Waals surface area (Å²) in [6.45, 7) is 2.09. The summed E-state index contributed by atoms with van der Waals surface area (Å²) in [6.07, 6.45) is 4.27. The van der Waals surface area contributed by atoms with Crippen molar-refractivity contribution >= 4 is 11.7 Å². The molecule has 2 N–H and O–H groups in total. The van der Waals surface area contributed by atoms with Crippen LogP contribution in [0.2, 0.25) is 0 Å². The van der Waals surface area contributed by atoms with E-state index in [1.807, 2.05) is 0 Å². The first-order valence-corrected chi connectivity index (χ1v) is 7.12. The Bertz CT molecular complexity index is 499. The summed E-state index contributed by atoms with van der Waals surface area (Å²) in [7, 11) is 1.19. The van der Waals surface area contributed by atoms with Gasteiger partial charge >= 0.3 is 6.03 Å². The average molecular weight is 298 g/mol. The lowest BCUT2D eigenvalue weighted by atomic mass is 9.86. The Morgan fingerprint density at radius 3 is 2.43 bits per heavy atom. The third kappa shape index (κ3) is 3.83. The highest BCUT2D eigenvalue weighted by Crippen LogP contribution is 2.26. The summed E-state index contributed by atoms with van der Waals surface area (Å²) in [5.74, 6) is -1.74. The topological polar surface area (TPSA) is 50.4 Å². The molecule has 116 valence electrons. The molecule has 1 aliphatic rings. The van der Waals surface area contributed by atoms with E-state index in [2.05, 4.69) is 22.3 Å². The smallest absolute Gasteiger partial charge is 0.319 e. The maximum Gasteiger partial charge on any atom is 0.319 e. The molecule has 1 saturated carbocycles. The van der Waals surface area contributed by atoms with Crippen LogP contribution in [0, 0.1) is 17.6 Å². The van der Waals surface area contributed by atoms with Gasteiger partial charge in [-0.3, -0.25) is 0 Å². The molecule has 1 aromatic carbocycles. The lowest BCUT2D eigenvalue weighted by molar-refractivity contribution is 0.232. The summed E-state index contributed by atoms with van der Waals surface area (Å²) in [4.78, 5) is 11.9. The highest BCUT2D eigenvalue weighted by Gasteiger charge is 2.23. The lowest BCUT2D eigenvalue weighted by Gasteiger charge is -2.29. The Balaban J connectivity index is 1.99. The number of carbonyl (C=O) groups excluding carboxylic acids is 1. The van der Waals surface area contributed by atoms with E-state index < -0.39 is 23.4 Å². The van der Waals surface area contributed by atoms with E-state index >= 15 is 0 Å². The van der Waals surface area contributed by atoms with E-state index in [1.54, 1.807) is 0 Å². The van der Waals surface area contributed by atoms with Crippen LogP contribution in [0.15, 0.2) is 12.1 Å². The van der Waals surface area contributed by atoms with Crippen molar-refractivity contribution in [3.8, 4) is 5.75 Å². The zero-order valence-corrected chi connectivity index (χ0v) is 12.2. The van der Waals surface area contributed by atoms with Crippen LogP contribution >= 0.6 is 0 Å². The summed E-state index contributed by atoms with van der Waals surface area (Å²) in [5.41, 5.74) is 0.0618. The Morgan fingerprint density at radius 1 is 1.24 bits per heavy atom. The van der Waals surface area contributed by atoms with E-state index in [0.717, 1.165) is 31.4 Å². The number of urea groups is 1. The SMILES string of the molecule is COc1c(F)cc(NC(=O)NC2CCCCC2C)cc1F. The molecule has 2 rings (SSSR count). The maximum absolute atomic E-state index is 13.5. The molecular weight excluding hydrogens is 278 g/mol. The zero-order valence-electron chi connectivity index (χ0n) is 12.2. The Morgan fingerprint density at radius 2 is 1.86 bits per heavy atom. The summed E-state index contributed by atoms with van der Waals surface area (Å²) < 4.78 is 31.7. The van der Waals surface area contributed by atoms with Crippen LogP contribution in [0.4, 0.5) is 19.3 Å². The number of halogens is 2. The van der Waals surface area contributed by atoms with Crippen molar-refractivity contribution in [2.24, 2.45) is 5.92 Å². The molecule has 0 aromatic heterocycles. The molecule has 6 heteroatoms. The van der Waals surface area contributed by atoms with Gasteiger partial charge < -0.3 is 15.4 Å².